The number of alkyl halides is 2. The van der Waals surface area contributed by atoms with E-state index in [0.717, 1.165) is 47.9 Å². The molecule has 1 aliphatic heterocycles. The summed E-state index contributed by atoms with van der Waals surface area (Å²) in [4.78, 5) is 7.58. The maximum atomic E-state index is 13.1. The fourth-order valence-electron chi connectivity index (χ4n) is 4.16. The molecule has 4 heterocycles. The zero-order valence-electron chi connectivity index (χ0n) is 18.7. The predicted molar refractivity (Wildman–Crippen MR) is 129 cm³/mol. The van der Waals surface area contributed by atoms with Crippen LogP contribution in [0.1, 0.15) is 44.0 Å². The van der Waals surface area contributed by atoms with Gasteiger partial charge < -0.3 is 14.7 Å². The standard InChI is InChI=1S/C21H25ClF2N6O2S2/c1-11(32-2)12-3-7-29(8-4-12)14-9-13(34-28-21(31)5-6-21)10-30-15(14)16(22)25-18(30)20-27-26-19(33-20)17(23)24/h9-12,17,28,31H,3-8H2,1-2H3. The van der Waals surface area contributed by atoms with Crippen molar-refractivity contribution >= 4 is 46.1 Å². The van der Waals surface area contributed by atoms with Gasteiger partial charge in [-0.1, -0.05) is 22.9 Å². The molecule has 1 saturated carbocycles. The van der Waals surface area contributed by atoms with Crippen molar-refractivity contribution in [2.24, 2.45) is 5.92 Å². The quantitative estimate of drug-likeness (QED) is 0.318. The van der Waals surface area contributed by atoms with Gasteiger partial charge in [-0.2, -0.15) is 0 Å². The summed E-state index contributed by atoms with van der Waals surface area (Å²) >= 11 is 8.73. The number of halogens is 3. The van der Waals surface area contributed by atoms with Crippen molar-refractivity contribution in [3.63, 3.8) is 0 Å². The summed E-state index contributed by atoms with van der Waals surface area (Å²) in [6.07, 6.45) is 2.67. The van der Waals surface area contributed by atoms with Crippen molar-refractivity contribution in [2.75, 3.05) is 25.1 Å². The first kappa shape index (κ1) is 24.1. The number of anilines is 1. The Bertz CT molecular complexity index is 1180. The first-order valence-corrected chi connectivity index (χ1v) is 13.1. The minimum absolute atomic E-state index is 0.194. The third-order valence-electron chi connectivity index (χ3n) is 6.46. The first-order valence-electron chi connectivity index (χ1n) is 11.1. The number of nitrogens with one attached hydrogen (secondary N) is 1. The number of ether oxygens (including phenoxy) is 1. The van der Waals surface area contributed by atoms with Gasteiger partial charge in [0.1, 0.15) is 11.2 Å². The summed E-state index contributed by atoms with van der Waals surface area (Å²) in [7, 11) is 1.74. The molecule has 0 bridgehead atoms. The van der Waals surface area contributed by atoms with E-state index in [4.69, 9.17) is 16.3 Å². The molecule has 13 heteroatoms. The van der Waals surface area contributed by atoms with Gasteiger partial charge in [0.25, 0.3) is 6.43 Å². The molecule has 1 aliphatic carbocycles. The number of pyridine rings is 1. The number of hydrogen-bond donors (Lipinski definition) is 2. The van der Waals surface area contributed by atoms with E-state index in [1.165, 1.54) is 11.9 Å². The number of rotatable bonds is 8. The molecular weight excluding hydrogens is 506 g/mol. The monoisotopic (exact) mass is 530 g/mol. The number of piperidine rings is 1. The van der Waals surface area contributed by atoms with Gasteiger partial charge in [0.2, 0.25) is 0 Å². The second kappa shape index (κ2) is 9.47. The van der Waals surface area contributed by atoms with E-state index in [-0.39, 0.29) is 21.3 Å². The van der Waals surface area contributed by atoms with E-state index < -0.39 is 12.2 Å². The minimum atomic E-state index is -2.70. The average molecular weight is 531 g/mol. The van der Waals surface area contributed by atoms with Crippen LogP contribution in [-0.2, 0) is 4.74 Å². The van der Waals surface area contributed by atoms with E-state index in [2.05, 4.69) is 31.7 Å². The van der Waals surface area contributed by atoms with Crippen LogP contribution in [0.2, 0.25) is 5.15 Å². The SMILES string of the molecule is COC(C)C1CCN(c2cc(SNC3(O)CC3)cn3c(-c4nnc(C(F)F)s4)nc(Cl)c23)CC1. The third-order valence-corrected chi connectivity index (χ3v) is 8.59. The largest absolute Gasteiger partial charge is 0.381 e. The summed E-state index contributed by atoms with van der Waals surface area (Å²) in [5.74, 6) is 0.840. The van der Waals surface area contributed by atoms with Crippen molar-refractivity contribution in [3.8, 4) is 10.8 Å². The molecule has 0 amide bonds. The highest BCUT2D eigenvalue weighted by atomic mass is 35.5. The lowest BCUT2D eigenvalue weighted by atomic mass is 9.92. The van der Waals surface area contributed by atoms with Gasteiger partial charge in [0, 0.05) is 31.3 Å². The molecule has 3 aromatic heterocycles. The number of imidazole rings is 1. The lowest BCUT2D eigenvalue weighted by Gasteiger charge is -2.36. The molecule has 1 atom stereocenters. The Balaban J connectivity index is 1.54. The number of hydrogen-bond acceptors (Lipinski definition) is 9. The van der Waals surface area contributed by atoms with E-state index in [9.17, 15) is 13.9 Å². The molecule has 2 aliphatic rings. The van der Waals surface area contributed by atoms with Crippen LogP contribution in [0.4, 0.5) is 14.5 Å². The van der Waals surface area contributed by atoms with Crippen LogP contribution in [-0.4, -0.2) is 56.7 Å². The Morgan fingerprint density at radius 1 is 1.32 bits per heavy atom. The normalized spacial score (nSPS) is 19.3. The number of aliphatic hydroxyl groups is 1. The van der Waals surface area contributed by atoms with Crippen LogP contribution in [0, 0.1) is 5.92 Å². The van der Waals surface area contributed by atoms with Crippen molar-refractivity contribution in [2.45, 2.75) is 55.8 Å². The highest BCUT2D eigenvalue weighted by molar-refractivity contribution is 7.97. The number of fused-ring (bicyclic) bond motifs is 1. The van der Waals surface area contributed by atoms with Crippen molar-refractivity contribution in [1.29, 1.82) is 0 Å². The van der Waals surface area contributed by atoms with Crippen LogP contribution in [0.15, 0.2) is 17.2 Å². The summed E-state index contributed by atoms with van der Waals surface area (Å²) in [6.45, 7) is 3.75. The summed E-state index contributed by atoms with van der Waals surface area (Å²) in [5.41, 5.74) is 0.744. The van der Waals surface area contributed by atoms with Gasteiger partial charge in [-0.25, -0.2) is 18.5 Å². The lowest BCUT2D eigenvalue weighted by Crippen LogP contribution is -2.37. The Morgan fingerprint density at radius 3 is 2.68 bits per heavy atom. The van der Waals surface area contributed by atoms with Crippen LogP contribution in [0.5, 0.6) is 0 Å². The fraction of sp³-hybridized carbons (Fsp3) is 0.571. The fourth-order valence-corrected chi connectivity index (χ4v) is 5.96. The van der Waals surface area contributed by atoms with Gasteiger partial charge in [-0.3, -0.25) is 4.40 Å². The Labute approximate surface area is 208 Å². The van der Waals surface area contributed by atoms with E-state index in [0.29, 0.717) is 30.1 Å². The smallest absolute Gasteiger partial charge is 0.291 e. The van der Waals surface area contributed by atoms with Gasteiger partial charge in [0.15, 0.2) is 21.0 Å². The third kappa shape index (κ3) is 4.76. The summed E-state index contributed by atoms with van der Waals surface area (Å²) in [5, 5.41) is 18.0. The van der Waals surface area contributed by atoms with Crippen LogP contribution in [0.3, 0.4) is 0 Å². The van der Waals surface area contributed by atoms with E-state index >= 15 is 0 Å². The Kier molecular flexibility index (Phi) is 6.73. The van der Waals surface area contributed by atoms with Crippen molar-refractivity contribution < 1.29 is 18.6 Å². The van der Waals surface area contributed by atoms with Crippen LogP contribution in [0.25, 0.3) is 16.3 Å². The van der Waals surface area contributed by atoms with E-state index in [1.807, 2.05) is 12.3 Å². The molecule has 1 saturated heterocycles. The highest BCUT2D eigenvalue weighted by Crippen LogP contribution is 2.40. The zero-order valence-corrected chi connectivity index (χ0v) is 21.1. The molecule has 2 N–H and O–H groups in total. The molecular formula is C21H25ClF2N6O2S2. The maximum absolute atomic E-state index is 13.1. The second-order valence-corrected chi connectivity index (χ2v) is 11.0. The van der Waals surface area contributed by atoms with Crippen molar-refractivity contribution in [3.05, 3.63) is 22.4 Å². The molecule has 1 unspecified atom stereocenters. The molecule has 0 spiro atoms. The van der Waals surface area contributed by atoms with Crippen LogP contribution < -0.4 is 9.62 Å². The Hall–Kier alpha value is -1.57. The number of aromatic nitrogens is 4. The van der Waals surface area contributed by atoms with E-state index in [1.54, 1.807) is 11.5 Å². The molecule has 0 radical (unpaired) electrons. The lowest BCUT2D eigenvalue weighted by molar-refractivity contribution is 0.0564. The first-order chi connectivity index (χ1) is 16.3. The summed E-state index contributed by atoms with van der Waals surface area (Å²) < 4.78 is 36.7. The molecule has 34 heavy (non-hydrogen) atoms. The van der Waals surface area contributed by atoms with Gasteiger partial charge in [-0.15, -0.1) is 10.2 Å². The van der Waals surface area contributed by atoms with Gasteiger partial charge >= 0.3 is 0 Å². The molecule has 3 aromatic rings. The molecule has 8 nitrogen and oxygen atoms in total. The minimum Gasteiger partial charge on any atom is -0.381 e. The topological polar surface area (TPSA) is 87.8 Å². The zero-order chi connectivity index (χ0) is 24.0. The predicted octanol–water partition coefficient (Wildman–Crippen LogP) is 4.77. The van der Waals surface area contributed by atoms with Gasteiger partial charge in [-0.05, 0) is 56.5 Å². The maximum Gasteiger partial charge on any atom is 0.291 e. The molecule has 5 rings (SSSR count). The van der Waals surface area contributed by atoms with Crippen LogP contribution >= 0.6 is 34.9 Å². The number of nitrogens with zero attached hydrogens (tertiary/aromatic N) is 5. The highest BCUT2D eigenvalue weighted by Gasteiger charge is 2.40. The van der Waals surface area contributed by atoms with Crippen molar-refractivity contribution in [1.82, 2.24) is 24.3 Å². The molecule has 2 fully saturated rings. The average Bonchev–Trinajstić information content (AvgIpc) is 3.23. The molecule has 0 aromatic carbocycles. The van der Waals surface area contributed by atoms with Gasteiger partial charge in [0.05, 0.1) is 11.8 Å². The molecule has 184 valence electrons. The number of methoxy groups -OCH3 is 1. The summed E-state index contributed by atoms with van der Waals surface area (Å²) in [6, 6.07) is 2.03. The second-order valence-electron chi connectivity index (χ2n) is 8.75. The Morgan fingerprint density at radius 2 is 2.06 bits per heavy atom.